The Labute approximate surface area is 153 Å². The van der Waals surface area contributed by atoms with Gasteiger partial charge in [0.2, 0.25) is 0 Å². The molecule has 1 atom stereocenters. The number of hydrogen-bond acceptors (Lipinski definition) is 4. The Bertz CT molecular complexity index is 875. The third-order valence-corrected chi connectivity index (χ3v) is 4.19. The maximum Gasteiger partial charge on any atom is 0.266 e. The predicted octanol–water partition coefficient (Wildman–Crippen LogP) is 3.56. The molecule has 2 aromatic rings. The van der Waals surface area contributed by atoms with Crippen LogP contribution in [0.3, 0.4) is 0 Å². The van der Waals surface area contributed by atoms with E-state index in [1.807, 2.05) is 32.9 Å². The highest BCUT2D eigenvalue weighted by molar-refractivity contribution is 6.10. The van der Waals surface area contributed by atoms with Gasteiger partial charge >= 0.3 is 0 Å². The van der Waals surface area contributed by atoms with Crippen molar-refractivity contribution in [2.24, 2.45) is 0 Å². The van der Waals surface area contributed by atoms with E-state index in [9.17, 15) is 15.2 Å². The SMILES string of the molecule is COCC(C)n1c(C)cc(/C=C(/C#N)C(=O)Nc2ccccc2O)c1C. The van der Waals surface area contributed by atoms with Crippen molar-refractivity contribution < 1.29 is 14.6 Å². The quantitative estimate of drug-likeness (QED) is 0.472. The molecule has 1 heterocycles. The van der Waals surface area contributed by atoms with Crippen LogP contribution in [-0.4, -0.2) is 29.3 Å². The van der Waals surface area contributed by atoms with Crippen LogP contribution in [0.25, 0.3) is 6.08 Å². The second kappa shape index (κ2) is 8.37. The maximum atomic E-state index is 12.4. The summed E-state index contributed by atoms with van der Waals surface area (Å²) < 4.78 is 7.34. The Morgan fingerprint density at radius 2 is 2.12 bits per heavy atom. The van der Waals surface area contributed by atoms with Crippen molar-refractivity contribution in [2.75, 3.05) is 19.0 Å². The molecule has 0 aliphatic rings. The van der Waals surface area contributed by atoms with Gasteiger partial charge in [-0.2, -0.15) is 5.26 Å². The molecule has 0 bridgehead atoms. The highest BCUT2D eigenvalue weighted by Gasteiger charge is 2.16. The first-order valence-electron chi connectivity index (χ1n) is 8.27. The third-order valence-electron chi connectivity index (χ3n) is 4.19. The molecule has 1 amide bonds. The summed E-state index contributed by atoms with van der Waals surface area (Å²) in [7, 11) is 1.66. The second-order valence-electron chi connectivity index (χ2n) is 6.14. The lowest BCUT2D eigenvalue weighted by Gasteiger charge is -2.17. The first kappa shape index (κ1) is 19.3. The summed E-state index contributed by atoms with van der Waals surface area (Å²) in [6, 6.07) is 10.4. The molecular formula is C20H23N3O3. The highest BCUT2D eigenvalue weighted by atomic mass is 16.5. The molecule has 0 saturated heterocycles. The van der Waals surface area contributed by atoms with Crippen LogP contribution in [0.2, 0.25) is 0 Å². The predicted molar refractivity (Wildman–Crippen MR) is 101 cm³/mol. The molecule has 6 heteroatoms. The number of benzene rings is 1. The number of nitrogens with zero attached hydrogens (tertiary/aromatic N) is 2. The van der Waals surface area contributed by atoms with Crippen LogP contribution in [0, 0.1) is 25.2 Å². The van der Waals surface area contributed by atoms with Gasteiger partial charge in [-0.15, -0.1) is 0 Å². The Hall–Kier alpha value is -3.04. The van der Waals surface area contributed by atoms with Gasteiger partial charge in [0.05, 0.1) is 18.3 Å². The van der Waals surface area contributed by atoms with E-state index < -0.39 is 5.91 Å². The lowest BCUT2D eigenvalue weighted by atomic mass is 10.1. The van der Waals surface area contributed by atoms with Crippen molar-refractivity contribution in [1.82, 2.24) is 4.57 Å². The number of carbonyl (C=O) groups is 1. The lowest BCUT2D eigenvalue weighted by Crippen LogP contribution is -2.14. The fourth-order valence-electron chi connectivity index (χ4n) is 3.02. The number of ether oxygens (including phenoxy) is 1. The van der Waals surface area contributed by atoms with E-state index in [1.165, 1.54) is 6.07 Å². The van der Waals surface area contributed by atoms with Crippen molar-refractivity contribution in [3.63, 3.8) is 0 Å². The van der Waals surface area contributed by atoms with Crippen molar-refractivity contribution in [3.05, 3.63) is 52.9 Å². The molecule has 1 unspecified atom stereocenters. The number of hydrogen-bond donors (Lipinski definition) is 2. The number of phenols is 1. The second-order valence-corrected chi connectivity index (χ2v) is 6.14. The molecule has 2 rings (SSSR count). The number of aromatic hydroxyl groups is 1. The number of aromatic nitrogens is 1. The molecule has 0 fully saturated rings. The normalized spacial score (nSPS) is 12.5. The summed E-state index contributed by atoms with van der Waals surface area (Å²) in [5.41, 5.74) is 3.01. The minimum absolute atomic E-state index is 0.0344. The molecule has 0 radical (unpaired) electrons. The molecule has 2 N–H and O–H groups in total. The number of nitriles is 1. The Kier molecular flexibility index (Phi) is 6.21. The fraction of sp³-hybridized carbons (Fsp3) is 0.300. The molecule has 0 spiro atoms. The molecule has 26 heavy (non-hydrogen) atoms. The first-order chi connectivity index (χ1) is 12.4. The van der Waals surface area contributed by atoms with E-state index in [1.54, 1.807) is 31.4 Å². The van der Waals surface area contributed by atoms with Gasteiger partial charge in [0.1, 0.15) is 17.4 Å². The van der Waals surface area contributed by atoms with Gasteiger partial charge in [0.15, 0.2) is 0 Å². The lowest BCUT2D eigenvalue weighted by molar-refractivity contribution is -0.112. The van der Waals surface area contributed by atoms with Gasteiger partial charge in [0.25, 0.3) is 5.91 Å². The zero-order valence-corrected chi connectivity index (χ0v) is 15.4. The van der Waals surface area contributed by atoms with Crippen molar-refractivity contribution in [1.29, 1.82) is 5.26 Å². The molecule has 0 aliphatic carbocycles. The molecule has 1 aromatic carbocycles. The first-order valence-corrected chi connectivity index (χ1v) is 8.27. The standard InChI is InChI=1S/C20H23N3O3/c1-13-9-16(15(3)23(13)14(2)12-26-4)10-17(11-21)20(25)22-18-7-5-6-8-19(18)24/h5-10,14,24H,12H2,1-4H3,(H,22,25)/b17-10-. The monoisotopic (exact) mass is 353 g/mol. The number of methoxy groups -OCH3 is 1. The van der Waals surface area contributed by atoms with Gasteiger partial charge in [-0.05, 0) is 50.6 Å². The average molecular weight is 353 g/mol. The minimum Gasteiger partial charge on any atom is -0.506 e. The largest absolute Gasteiger partial charge is 0.506 e. The fourth-order valence-corrected chi connectivity index (χ4v) is 3.02. The van der Waals surface area contributed by atoms with Gasteiger partial charge in [-0.1, -0.05) is 12.1 Å². The van der Waals surface area contributed by atoms with E-state index >= 15 is 0 Å². The number of aryl methyl sites for hydroxylation is 1. The summed E-state index contributed by atoms with van der Waals surface area (Å²) in [5.74, 6) is -0.617. The number of para-hydroxylation sites is 2. The Morgan fingerprint density at radius 3 is 2.73 bits per heavy atom. The summed E-state index contributed by atoms with van der Waals surface area (Å²) in [5, 5.41) is 21.7. The highest BCUT2D eigenvalue weighted by Crippen LogP contribution is 2.24. The Balaban J connectivity index is 2.32. The van der Waals surface area contributed by atoms with Gasteiger partial charge < -0.3 is 19.7 Å². The van der Waals surface area contributed by atoms with Gasteiger partial charge in [0, 0.05) is 18.5 Å². The van der Waals surface area contributed by atoms with Crippen molar-refractivity contribution >= 4 is 17.7 Å². The molecule has 1 aromatic heterocycles. The van der Waals surface area contributed by atoms with Crippen LogP contribution in [0.4, 0.5) is 5.69 Å². The number of anilines is 1. The molecule has 6 nitrogen and oxygen atoms in total. The number of rotatable bonds is 6. The van der Waals surface area contributed by atoms with E-state index in [4.69, 9.17) is 4.74 Å². The molecule has 0 saturated carbocycles. The van der Waals surface area contributed by atoms with Gasteiger partial charge in [-0.25, -0.2) is 0 Å². The Morgan fingerprint density at radius 1 is 1.42 bits per heavy atom. The summed E-state index contributed by atoms with van der Waals surface area (Å²) in [4.78, 5) is 12.4. The third kappa shape index (κ3) is 4.13. The number of amides is 1. The van der Waals surface area contributed by atoms with Gasteiger partial charge in [-0.3, -0.25) is 4.79 Å². The summed E-state index contributed by atoms with van der Waals surface area (Å²) in [6.45, 7) is 6.54. The number of phenolic OH excluding ortho intramolecular Hbond substituents is 1. The van der Waals surface area contributed by atoms with Crippen LogP contribution < -0.4 is 5.32 Å². The summed E-state index contributed by atoms with van der Waals surface area (Å²) >= 11 is 0. The van der Waals surface area contributed by atoms with Crippen LogP contribution in [0.1, 0.15) is 29.9 Å². The van der Waals surface area contributed by atoms with E-state index in [0.717, 1.165) is 17.0 Å². The zero-order valence-electron chi connectivity index (χ0n) is 15.4. The van der Waals surface area contributed by atoms with Crippen LogP contribution in [0.15, 0.2) is 35.9 Å². The summed E-state index contributed by atoms with van der Waals surface area (Å²) in [6.07, 6.45) is 1.56. The number of carbonyl (C=O) groups excluding carboxylic acids is 1. The van der Waals surface area contributed by atoms with Crippen molar-refractivity contribution in [2.45, 2.75) is 26.8 Å². The zero-order chi connectivity index (χ0) is 19.3. The maximum absolute atomic E-state index is 12.4. The van der Waals surface area contributed by atoms with Crippen LogP contribution >= 0.6 is 0 Å². The van der Waals surface area contributed by atoms with Crippen molar-refractivity contribution in [3.8, 4) is 11.8 Å². The smallest absolute Gasteiger partial charge is 0.266 e. The molecule has 136 valence electrons. The van der Waals surface area contributed by atoms with Crippen LogP contribution in [-0.2, 0) is 9.53 Å². The minimum atomic E-state index is -0.566. The number of nitrogens with one attached hydrogen (secondary N) is 1. The molecular weight excluding hydrogens is 330 g/mol. The van der Waals surface area contributed by atoms with E-state index in [-0.39, 0.29) is 23.1 Å². The molecule has 0 aliphatic heterocycles. The van der Waals surface area contributed by atoms with Crippen LogP contribution in [0.5, 0.6) is 5.75 Å². The topological polar surface area (TPSA) is 87.3 Å². The van der Waals surface area contributed by atoms with E-state index in [0.29, 0.717) is 6.61 Å². The van der Waals surface area contributed by atoms with E-state index in [2.05, 4.69) is 9.88 Å². The average Bonchev–Trinajstić information content (AvgIpc) is 2.88.